The summed E-state index contributed by atoms with van der Waals surface area (Å²) in [7, 11) is 1.33. The van der Waals surface area contributed by atoms with Crippen LogP contribution in [0.2, 0.25) is 4.34 Å². The Morgan fingerprint density at radius 1 is 1.38 bits per heavy atom. The zero-order chi connectivity index (χ0) is 15.2. The molecule has 0 radical (unpaired) electrons. The third kappa shape index (κ3) is 4.91. The zero-order valence-electron chi connectivity index (χ0n) is 11.2. The maximum Gasteiger partial charge on any atom is 0.343 e. The van der Waals surface area contributed by atoms with Crippen molar-refractivity contribution in [2.24, 2.45) is 0 Å². The van der Waals surface area contributed by atoms with E-state index in [1.54, 1.807) is 12.1 Å². The maximum absolute atomic E-state index is 11.0. The average Bonchev–Trinajstić information content (AvgIpc) is 2.82. The van der Waals surface area contributed by atoms with Gasteiger partial charge in [0.15, 0.2) is 6.61 Å². The topological polar surface area (TPSA) is 47.6 Å². The van der Waals surface area contributed by atoms with E-state index in [0.717, 1.165) is 19.4 Å². The monoisotopic (exact) mass is 389 g/mol. The molecule has 0 bridgehead atoms. The first-order chi connectivity index (χ1) is 10.1. The van der Waals surface area contributed by atoms with Crippen molar-refractivity contribution in [3.05, 3.63) is 44.0 Å². The Labute approximate surface area is 140 Å². The molecular formula is C14H13BrClNO3S. The molecule has 0 saturated carbocycles. The smallest absolute Gasteiger partial charge is 0.343 e. The van der Waals surface area contributed by atoms with Crippen LogP contribution in [0.4, 0.5) is 5.69 Å². The average molecular weight is 391 g/mol. The molecule has 0 aliphatic carbocycles. The summed E-state index contributed by atoms with van der Waals surface area (Å²) in [5.74, 6) is 0.213. The maximum atomic E-state index is 11.0. The van der Waals surface area contributed by atoms with E-state index >= 15 is 0 Å². The Kier molecular flexibility index (Phi) is 5.90. The van der Waals surface area contributed by atoms with E-state index in [2.05, 4.69) is 26.0 Å². The van der Waals surface area contributed by atoms with E-state index < -0.39 is 5.97 Å². The third-order valence-electron chi connectivity index (χ3n) is 2.60. The van der Waals surface area contributed by atoms with Crippen LogP contribution in [0, 0.1) is 0 Å². The Morgan fingerprint density at radius 3 is 2.67 bits per heavy atom. The van der Waals surface area contributed by atoms with Crippen molar-refractivity contribution in [2.45, 2.75) is 6.54 Å². The fraction of sp³-hybridized carbons (Fsp3) is 0.214. The molecule has 0 atom stereocenters. The lowest BCUT2D eigenvalue weighted by Gasteiger charge is -2.07. The van der Waals surface area contributed by atoms with Crippen LogP contribution in [0.3, 0.4) is 0 Å². The summed E-state index contributed by atoms with van der Waals surface area (Å²) in [5.41, 5.74) is 0.959. The van der Waals surface area contributed by atoms with Crippen LogP contribution in [0.15, 0.2) is 34.8 Å². The number of carbonyl (C=O) groups is 1. The Balaban J connectivity index is 1.86. The summed E-state index contributed by atoms with van der Waals surface area (Å²) in [6.45, 7) is 0.601. The van der Waals surface area contributed by atoms with Crippen molar-refractivity contribution in [2.75, 3.05) is 19.0 Å². The lowest BCUT2D eigenvalue weighted by Crippen LogP contribution is -2.12. The summed E-state index contributed by atoms with van der Waals surface area (Å²) >= 11 is 10.9. The minimum absolute atomic E-state index is 0.0923. The van der Waals surface area contributed by atoms with Crippen LogP contribution in [-0.4, -0.2) is 19.7 Å². The van der Waals surface area contributed by atoms with Gasteiger partial charge in [0, 0.05) is 21.6 Å². The van der Waals surface area contributed by atoms with Gasteiger partial charge in [-0.2, -0.15) is 0 Å². The molecule has 0 amide bonds. The van der Waals surface area contributed by atoms with Crippen LogP contribution >= 0.6 is 38.9 Å². The number of halogens is 2. The van der Waals surface area contributed by atoms with E-state index in [9.17, 15) is 4.79 Å². The summed E-state index contributed by atoms with van der Waals surface area (Å²) in [4.78, 5) is 12.1. The van der Waals surface area contributed by atoms with Crippen LogP contribution in [-0.2, 0) is 16.1 Å². The number of carbonyl (C=O) groups excluding carboxylic acids is 1. The second kappa shape index (κ2) is 7.68. The lowest BCUT2D eigenvalue weighted by molar-refractivity contribution is -0.142. The van der Waals surface area contributed by atoms with Gasteiger partial charge in [-0.1, -0.05) is 11.6 Å². The van der Waals surface area contributed by atoms with E-state index in [-0.39, 0.29) is 6.61 Å². The normalized spacial score (nSPS) is 10.2. The Morgan fingerprint density at radius 2 is 2.10 bits per heavy atom. The first-order valence-corrected chi connectivity index (χ1v) is 8.04. The van der Waals surface area contributed by atoms with Gasteiger partial charge in [0.25, 0.3) is 0 Å². The molecule has 0 aliphatic heterocycles. The number of rotatable bonds is 6. The molecule has 0 spiro atoms. The minimum atomic E-state index is -0.405. The standard InChI is InChI=1S/C14H13BrClNO3S/c1-19-13(18)8-20-10-4-2-9(3-5-10)17-7-11-6-12(15)14(16)21-11/h2-6,17H,7-8H2,1H3. The molecule has 4 nitrogen and oxygen atoms in total. The van der Waals surface area contributed by atoms with Gasteiger partial charge in [-0.05, 0) is 46.3 Å². The van der Waals surface area contributed by atoms with Gasteiger partial charge in [-0.15, -0.1) is 11.3 Å². The van der Waals surface area contributed by atoms with Crippen LogP contribution < -0.4 is 10.1 Å². The number of methoxy groups -OCH3 is 1. The molecule has 0 saturated heterocycles. The quantitative estimate of drug-likeness (QED) is 0.746. The number of thiophene rings is 1. The molecule has 1 aromatic heterocycles. The summed E-state index contributed by atoms with van der Waals surface area (Å²) < 4.78 is 11.4. The Hall–Kier alpha value is -1.24. The molecule has 1 N–H and O–H groups in total. The highest BCUT2D eigenvalue weighted by Crippen LogP contribution is 2.32. The molecule has 0 unspecified atom stereocenters. The van der Waals surface area contributed by atoms with Gasteiger partial charge >= 0.3 is 5.97 Å². The van der Waals surface area contributed by atoms with Gasteiger partial charge in [-0.3, -0.25) is 0 Å². The fourth-order valence-electron chi connectivity index (χ4n) is 1.54. The van der Waals surface area contributed by atoms with Gasteiger partial charge in [0.1, 0.15) is 10.1 Å². The van der Waals surface area contributed by atoms with Crippen LogP contribution in [0.25, 0.3) is 0 Å². The Bertz CT molecular complexity index is 596. The van der Waals surface area contributed by atoms with Gasteiger partial charge in [0.2, 0.25) is 0 Å². The molecule has 2 aromatic rings. The molecule has 7 heteroatoms. The predicted molar refractivity (Wildman–Crippen MR) is 88.3 cm³/mol. The number of esters is 1. The van der Waals surface area contributed by atoms with E-state index in [0.29, 0.717) is 12.3 Å². The first-order valence-electron chi connectivity index (χ1n) is 6.05. The fourth-order valence-corrected chi connectivity index (χ4v) is 3.27. The van der Waals surface area contributed by atoms with Gasteiger partial charge in [0.05, 0.1) is 7.11 Å². The minimum Gasteiger partial charge on any atom is -0.482 e. The van der Waals surface area contributed by atoms with Crippen molar-refractivity contribution >= 4 is 50.5 Å². The summed E-state index contributed by atoms with van der Waals surface area (Å²) in [6.07, 6.45) is 0. The second-order valence-corrected chi connectivity index (χ2v) is 6.67. The highest BCUT2D eigenvalue weighted by molar-refractivity contribution is 9.10. The van der Waals surface area contributed by atoms with Crippen molar-refractivity contribution < 1.29 is 14.3 Å². The molecular weight excluding hydrogens is 378 g/mol. The number of hydrogen-bond acceptors (Lipinski definition) is 5. The van der Waals surface area contributed by atoms with E-state index in [1.807, 2.05) is 18.2 Å². The summed E-state index contributed by atoms with van der Waals surface area (Å²) in [6, 6.07) is 9.35. The molecule has 0 aliphatic rings. The molecule has 1 aromatic carbocycles. The number of hydrogen-bond donors (Lipinski definition) is 1. The molecule has 112 valence electrons. The van der Waals surface area contributed by atoms with Crippen molar-refractivity contribution in [3.8, 4) is 5.75 Å². The van der Waals surface area contributed by atoms with Crippen molar-refractivity contribution in [3.63, 3.8) is 0 Å². The number of nitrogens with one attached hydrogen (secondary N) is 1. The molecule has 0 fully saturated rings. The predicted octanol–water partition coefficient (Wildman–Crippen LogP) is 4.33. The summed E-state index contributed by atoms with van der Waals surface area (Å²) in [5, 5.41) is 3.29. The SMILES string of the molecule is COC(=O)COc1ccc(NCc2cc(Br)c(Cl)s2)cc1. The van der Waals surface area contributed by atoms with Crippen LogP contribution in [0.5, 0.6) is 5.75 Å². The number of benzene rings is 1. The first kappa shape index (κ1) is 16.1. The highest BCUT2D eigenvalue weighted by Gasteiger charge is 2.05. The van der Waals surface area contributed by atoms with E-state index in [1.165, 1.54) is 18.4 Å². The largest absolute Gasteiger partial charge is 0.482 e. The lowest BCUT2D eigenvalue weighted by atomic mass is 10.3. The highest BCUT2D eigenvalue weighted by atomic mass is 79.9. The number of anilines is 1. The van der Waals surface area contributed by atoms with Crippen molar-refractivity contribution in [1.29, 1.82) is 0 Å². The van der Waals surface area contributed by atoms with Gasteiger partial charge in [-0.25, -0.2) is 4.79 Å². The number of ether oxygens (including phenoxy) is 2. The van der Waals surface area contributed by atoms with Crippen LogP contribution in [0.1, 0.15) is 4.88 Å². The third-order valence-corrected chi connectivity index (χ3v) is 5.08. The molecule has 21 heavy (non-hydrogen) atoms. The van der Waals surface area contributed by atoms with E-state index in [4.69, 9.17) is 16.3 Å². The van der Waals surface area contributed by atoms with Gasteiger partial charge < -0.3 is 14.8 Å². The zero-order valence-corrected chi connectivity index (χ0v) is 14.3. The molecule has 1 heterocycles. The molecule has 2 rings (SSSR count). The second-order valence-electron chi connectivity index (χ2n) is 4.08. The van der Waals surface area contributed by atoms with Crippen molar-refractivity contribution in [1.82, 2.24) is 0 Å².